The SMILES string of the molecule is CCOC(=O)c1c(NC(=O)Cn2c3ccccc3c(=O)c3ccccc32)sc(C)c1C. The highest BCUT2D eigenvalue weighted by Crippen LogP contribution is 2.33. The molecule has 0 bridgehead atoms. The molecule has 158 valence electrons. The van der Waals surface area contributed by atoms with Crippen molar-refractivity contribution in [2.75, 3.05) is 11.9 Å². The molecule has 2 heterocycles. The third-order valence-electron chi connectivity index (χ3n) is 5.30. The van der Waals surface area contributed by atoms with Gasteiger partial charge >= 0.3 is 5.97 Å². The normalized spacial score (nSPS) is 11.1. The number of ether oxygens (including phenoxy) is 1. The maximum absolute atomic E-state index is 13.1. The minimum atomic E-state index is -0.445. The molecular formula is C24H22N2O4S. The first-order valence-corrected chi connectivity index (χ1v) is 10.8. The van der Waals surface area contributed by atoms with Crippen LogP contribution in [0.25, 0.3) is 21.8 Å². The van der Waals surface area contributed by atoms with E-state index in [1.54, 1.807) is 19.1 Å². The van der Waals surface area contributed by atoms with Gasteiger partial charge in [-0.1, -0.05) is 24.3 Å². The zero-order valence-electron chi connectivity index (χ0n) is 17.5. The number of carbonyl (C=O) groups is 2. The Balaban J connectivity index is 1.75. The number of anilines is 1. The second-order valence-electron chi connectivity index (χ2n) is 7.21. The number of carbonyl (C=O) groups excluding carboxylic acids is 2. The van der Waals surface area contributed by atoms with Crippen molar-refractivity contribution in [3.63, 3.8) is 0 Å². The molecule has 0 spiro atoms. The molecule has 2 aromatic carbocycles. The third-order valence-corrected chi connectivity index (χ3v) is 6.42. The summed E-state index contributed by atoms with van der Waals surface area (Å²) in [6, 6.07) is 14.5. The van der Waals surface area contributed by atoms with Gasteiger partial charge in [-0.15, -0.1) is 11.3 Å². The lowest BCUT2D eigenvalue weighted by Gasteiger charge is -2.15. The molecule has 7 heteroatoms. The fraction of sp³-hybridized carbons (Fsp3) is 0.208. The lowest BCUT2D eigenvalue weighted by molar-refractivity contribution is -0.116. The second kappa shape index (κ2) is 8.35. The van der Waals surface area contributed by atoms with Crippen LogP contribution in [0.2, 0.25) is 0 Å². The first-order chi connectivity index (χ1) is 14.9. The Morgan fingerprint density at radius 2 is 1.58 bits per heavy atom. The Bertz CT molecular complexity index is 1320. The van der Waals surface area contributed by atoms with Crippen LogP contribution >= 0.6 is 11.3 Å². The Morgan fingerprint density at radius 1 is 1.00 bits per heavy atom. The van der Waals surface area contributed by atoms with Crippen molar-refractivity contribution in [2.45, 2.75) is 27.3 Å². The quantitative estimate of drug-likeness (QED) is 0.366. The molecule has 0 atom stereocenters. The summed E-state index contributed by atoms with van der Waals surface area (Å²) >= 11 is 1.35. The predicted octanol–water partition coefficient (Wildman–Crippen LogP) is 4.65. The number of hydrogen-bond donors (Lipinski definition) is 1. The number of hydrogen-bond acceptors (Lipinski definition) is 5. The lowest BCUT2D eigenvalue weighted by atomic mass is 10.1. The predicted molar refractivity (Wildman–Crippen MR) is 124 cm³/mol. The fourth-order valence-corrected chi connectivity index (χ4v) is 4.79. The number of aromatic nitrogens is 1. The number of aryl methyl sites for hydroxylation is 1. The Kier molecular flexibility index (Phi) is 5.61. The van der Waals surface area contributed by atoms with E-state index in [2.05, 4.69) is 5.32 Å². The summed E-state index contributed by atoms with van der Waals surface area (Å²) < 4.78 is 7.00. The molecule has 0 aliphatic heterocycles. The second-order valence-corrected chi connectivity index (χ2v) is 8.43. The minimum absolute atomic E-state index is 0.000429. The average molecular weight is 435 g/mol. The smallest absolute Gasteiger partial charge is 0.341 e. The van der Waals surface area contributed by atoms with E-state index in [0.29, 0.717) is 32.4 Å². The van der Waals surface area contributed by atoms with Gasteiger partial charge in [-0.2, -0.15) is 0 Å². The largest absolute Gasteiger partial charge is 0.462 e. The van der Waals surface area contributed by atoms with Crippen LogP contribution in [-0.2, 0) is 16.1 Å². The van der Waals surface area contributed by atoms with Crippen molar-refractivity contribution in [3.05, 3.63) is 74.8 Å². The van der Waals surface area contributed by atoms with Crippen LogP contribution in [0, 0.1) is 13.8 Å². The third kappa shape index (κ3) is 3.72. The van der Waals surface area contributed by atoms with Crippen LogP contribution < -0.4 is 10.7 Å². The van der Waals surface area contributed by atoms with E-state index in [4.69, 9.17) is 4.74 Å². The summed E-state index contributed by atoms with van der Waals surface area (Å²) in [6.07, 6.45) is 0. The highest BCUT2D eigenvalue weighted by atomic mass is 32.1. The van der Waals surface area contributed by atoms with Crippen LogP contribution in [0.4, 0.5) is 5.00 Å². The summed E-state index contributed by atoms with van der Waals surface area (Å²) in [7, 11) is 0. The van der Waals surface area contributed by atoms with Gasteiger partial charge in [-0.3, -0.25) is 9.59 Å². The zero-order chi connectivity index (χ0) is 22.1. The number of nitrogens with zero attached hydrogens (tertiary/aromatic N) is 1. The van der Waals surface area contributed by atoms with Crippen molar-refractivity contribution in [2.24, 2.45) is 0 Å². The van der Waals surface area contributed by atoms with Crippen molar-refractivity contribution in [1.29, 1.82) is 0 Å². The van der Waals surface area contributed by atoms with Crippen molar-refractivity contribution < 1.29 is 14.3 Å². The lowest BCUT2D eigenvalue weighted by Crippen LogP contribution is -2.22. The molecule has 1 N–H and O–H groups in total. The molecule has 6 nitrogen and oxygen atoms in total. The van der Waals surface area contributed by atoms with Crippen LogP contribution in [0.1, 0.15) is 27.7 Å². The van der Waals surface area contributed by atoms with E-state index in [-0.39, 0.29) is 24.5 Å². The summed E-state index contributed by atoms with van der Waals surface area (Å²) in [4.78, 5) is 39.3. The van der Waals surface area contributed by atoms with E-state index in [1.165, 1.54) is 11.3 Å². The number of nitrogens with one attached hydrogen (secondary N) is 1. The molecular weight excluding hydrogens is 412 g/mol. The zero-order valence-corrected chi connectivity index (χ0v) is 18.3. The van der Waals surface area contributed by atoms with Crippen molar-refractivity contribution in [3.8, 4) is 0 Å². The van der Waals surface area contributed by atoms with Crippen LogP contribution in [0.15, 0.2) is 53.3 Å². The minimum Gasteiger partial charge on any atom is -0.462 e. The molecule has 4 aromatic rings. The molecule has 0 aliphatic carbocycles. The van der Waals surface area contributed by atoms with E-state index in [9.17, 15) is 14.4 Å². The van der Waals surface area contributed by atoms with Gasteiger partial charge in [0.25, 0.3) is 0 Å². The molecule has 0 radical (unpaired) electrons. The number of pyridine rings is 1. The number of amides is 1. The van der Waals surface area contributed by atoms with Gasteiger partial charge in [0.2, 0.25) is 5.91 Å². The first-order valence-electron chi connectivity index (χ1n) is 9.99. The standard InChI is InChI=1S/C24H22N2O4S/c1-4-30-24(29)21-14(2)15(3)31-23(21)25-20(27)13-26-18-11-7-5-9-16(18)22(28)17-10-6-8-12-19(17)26/h5-12H,4,13H2,1-3H3,(H,25,27). The van der Waals surface area contributed by atoms with E-state index < -0.39 is 5.97 Å². The first kappa shape index (κ1) is 20.8. The summed E-state index contributed by atoms with van der Waals surface area (Å²) in [5.41, 5.74) is 2.51. The Morgan fingerprint density at radius 3 is 2.16 bits per heavy atom. The molecule has 2 aromatic heterocycles. The average Bonchev–Trinajstić information content (AvgIpc) is 3.04. The maximum atomic E-state index is 13.1. The van der Waals surface area contributed by atoms with Crippen molar-refractivity contribution in [1.82, 2.24) is 4.57 Å². The highest BCUT2D eigenvalue weighted by molar-refractivity contribution is 7.16. The Hall–Kier alpha value is -3.45. The summed E-state index contributed by atoms with van der Waals surface area (Å²) in [6.45, 7) is 5.75. The Labute approximate surface area is 183 Å². The van der Waals surface area contributed by atoms with Gasteiger partial charge in [0.05, 0.1) is 23.2 Å². The number of esters is 1. The monoisotopic (exact) mass is 434 g/mol. The highest BCUT2D eigenvalue weighted by Gasteiger charge is 2.22. The van der Waals surface area contributed by atoms with Gasteiger partial charge < -0.3 is 14.6 Å². The van der Waals surface area contributed by atoms with Gasteiger partial charge in [-0.05, 0) is 50.6 Å². The number of thiophene rings is 1. The number of fused-ring (bicyclic) bond motifs is 2. The van der Waals surface area contributed by atoms with Gasteiger partial charge in [0.1, 0.15) is 11.5 Å². The molecule has 0 aliphatic rings. The van der Waals surface area contributed by atoms with Crippen LogP contribution in [-0.4, -0.2) is 23.1 Å². The number of para-hydroxylation sites is 2. The maximum Gasteiger partial charge on any atom is 0.341 e. The van der Waals surface area contributed by atoms with Gasteiger partial charge in [0, 0.05) is 15.6 Å². The molecule has 0 fully saturated rings. The molecule has 0 saturated carbocycles. The van der Waals surface area contributed by atoms with E-state index in [1.807, 2.05) is 54.8 Å². The summed E-state index contributed by atoms with van der Waals surface area (Å²) in [5, 5.41) is 4.48. The molecule has 1 amide bonds. The van der Waals surface area contributed by atoms with Crippen LogP contribution in [0.5, 0.6) is 0 Å². The van der Waals surface area contributed by atoms with E-state index in [0.717, 1.165) is 10.4 Å². The fourth-order valence-electron chi connectivity index (χ4n) is 3.72. The molecule has 31 heavy (non-hydrogen) atoms. The molecule has 0 unspecified atom stereocenters. The topological polar surface area (TPSA) is 77.4 Å². The van der Waals surface area contributed by atoms with Crippen LogP contribution in [0.3, 0.4) is 0 Å². The number of benzene rings is 2. The molecule has 0 saturated heterocycles. The van der Waals surface area contributed by atoms with Gasteiger partial charge in [0.15, 0.2) is 5.43 Å². The van der Waals surface area contributed by atoms with Crippen molar-refractivity contribution >= 4 is 50.0 Å². The molecule has 4 rings (SSSR count). The summed E-state index contributed by atoms with van der Waals surface area (Å²) in [5.74, 6) is -0.732. The van der Waals surface area contributed by atoms with Gasteiger partial charge in [-0.25, -0.2) is 4.79 Å². The number of rotatable bonds is 5. The van der Waals surface area contributed by atoms with E-state index >= 15 is 0 Å².